The van der Waals surface area contributed by atoms with Crippen LogP contribution >= 0.6 is 0 Å². The highest BCUT2D eigenvalue weighted by molar-refractivity contribution is 5.94. The number of para-hydroxylation sites is 1. The number of carbonyl (C=O) groups is 1. The van der Waals surface area contributed by atoms with E-state index in [1.165, 1.54) is 31.5 Å². The van der Waals surface area contributed by atoms with Crippen molar-refractivity contribution in [2.24, 2.45) is 5.92 Å². The Balaban J connectivity index is 1.47. The van der Waals surface area contributed by atoms with E-state index in [1.54, 1.807) is 7.11 Å². The van der Waals surface area contributed by atoms with Crippen LogP contribution in [0.15, 0.2) is 48.5 Å². The number of carbonyl (C=O) groups excluding carboxylic acids is 1. The fourth-order valence-electron chi connectivity index (χ4n) is 3.56. The van der Waals surface area contributed by atoms with Gasteiger partial charge in [0.05, 0.1) is 7.11 Å². The molecule has 1 N–H and O–H groups in total. The lowest BCUT2D eigenvalue weighted by Gasteiger charge is -2.30. The number of hydrogen-bond acceptors (Lipinski definition) is 3. The molecule has 0 bridgehead atoms. The largest absolute Gasteiger partial charge is 0.496 e. The Kier molecular flexibility index (Phi) is 6.88. The molecule has 2 aromatic carbocycles. The van der Waals surface area contributed by atoms with Crippen LogP contribution in [0.3, 0.4) is 0 Å². The number of nitrogens with one attached hydrogen (secondary N) is 1. The number of hydrogen-bond donors (Lipinski definition) is 1. The molecule has 27 heavy (non-hydrogen) atoms. The fourth-order valence-corrected chi connectivity index (χ4v) is 3.56. The molecule has 0 unspecified atom stereocenters. The molecule has 0 spiro atoms. The summed E-state index contributed by atoms with van der Waals surface area (Å²) >= 11 is 0. The van der Waals surface area contributed by atoms with Gasteiger partial charge in [-0.25, -0.2) is 0 Å². The van der Waals surface area contributed by atoms with Gasteiger partial charge in [0.25, 0.3) is 5.91 Å². The summed E-state index contributed by atoms with van der Waals surface area (Å²) in [5, 5.41) is 3.00. The molecule has 0 saturated carbocycles. The molecule has 3 rings (SSSR count). The van der Waals surface area contributed by atoms with Gasteiger partial charge in [-0.15, -0.1) is 0 Å². The molecule has 1 amide bonds. The molecule has 1 heterocycles. The molecule has 144 valence electrons. The monoisotopic (exact) mass is 366 g/mol. The second-order valence-corrected chi connectivity index (χ2v) is 7.47. The second-order valence-electron chi connectivity index (χ2n) is 7.47. The number of likely N-dealkylation sites (tertiary alicyclic amines) is 1. The molecule has 0 atom stereocenters. The van der Waals surface area contributed by atoms with Crippen LogP contribution in [-0.4, -0.2) is 37.6 Å². The van der Waals surface area contributed by atoms with E-state index in [-0.39, 0.29) is 5.91 Å². The first-order chi connectivity index (χ1) is 13.2. The summed E-state index contributed by atoms with van der Waals surface area (Å²) in [6.07, 6.45) is 3.32. The van der Waals surface area contributed by atoms with Crippen molar-refractivity contribution in [3.63, 3.8) is 0 Å². The number of nitrogens with zero attached hydrogens (tertiary/aromatic N) is 1. The van der Waals surface area contributed by atoms with Crippen molar-refractivity contribution < 1.29 is 9.53 Å². The summed E-state index contributed by atoms with van der Waals surface area (Å²) in [7, 11) is 1.67. The molecule has 2 aromatic rings. The van der Waals surface area contributed by atoms with Crippen LogP contribution in [0, 0.1) is 5.92 Å². The van der Waals surface area contributed by atoms with Crippen molar-refractivity contribution in [2.75, 3.05) is 26.7 Å². The van der Waals surface area contributed by atoms with Crippen molar-refractivity contribution in [3.8, 4) is 5.75 Å². The minimum absolute atomic E-state index is 0.0248. The molecule has 4 heteroatoms. The highest BCUT2D eigenvalue weighted by Gasteiger charge is 2.15. The lowest BCUT2D eigenvalue weighted by molar-refractivity contribution is 0.0954. The topological polar surface area (TPSA) is 41.6 Å². The molecule has 1 aliphatic heterocycles. The minimum atomic E-state index is -0.0248. The normalized spacial score (nSPS) is 15.5. The maximum absolute atomic E-state index is 12.4. The van der Waals surface area contributed by atoms with Crippen LogP contribution < -0.4 is 10.1 Å². The van der Waals surface area contributed by atoms with E-state index >= 15 is 0 Å². The Hall–Kier alpha value is -2.33. The van der Waals surface area contributed by atoms with E-state index in [9.17, 15) is 4.79 Å². The predicted molar refractivity (Wildman–Crippen MR) is 109 cm³/mol. The number of benzene rings is 2. The first kappa shape index (κ1) is 19.4. The standard InChI is InChI=1S/C23H30N2O2/c1-18-12-15-25(16-13-18)17-19-7-9-21(10-8-19)23(26)24-14-11-20-5-3-4-6-22(20)27-2/h3-10,18H,11-17H2,1-2H3,(H,24,26). The zero-order valence-corrected chi connectivity index (χ0v) is 16.4. The first-order valence-corrected chi connectivity index (χ1v) is 9.87. The van der Waals surface area contributed by atoms with E-state index < -0.39 is 0 Å². The van der Waals surface area contributed by atoms with Gasteiger partial charge in [-0.1, -0.05) is 37.3 Å². The van der Waals surface area contributed by atoms with Gasteiger partial charge in [-0.05, 0) is 67.6 Å². The van der Waals surface area contributed by atoms with Gasteiger partial charge in [0, 0.05) is 18.7 Å². The number of piperidine rings is 1. The summed E-state index contributed by atoms with van der Waals surface area (Å²) < 4.78 is 5.35. The molecular formula is C23H30N2O2. The molecule has 4 nitrogen and oxygen atoms in total. The van der Waals surface area contributed by atoms with Crippen molar-refractivity contribution in [1.82, 2.24) is 10.2 Å². The zero-order valence-electron chi connectivity index (χ0n) is 16.4. The lowest BCUT2D eigenvalue weighted by Crippen LogP contribution is -2.32. The minimum Gasteiger partial charge on any atom is -0.496 e. The van der Waals surface area contributed by atoms with Gasteiger partial charge < -0.3 is 10.1 Å². The Labute approximate surface area is 162 Å². The van der Waals surface area contributed by atoms with Crippen molar-refractivity contribution >= 4 is 5.91 Å². The lowest BCUT2D eigenvalue weighted by atomic mass is 9.99. The third-order valence-corrected chi connectivity index (χ3v) is 5.37. The van der Waals surface area contributed by atoms with E-state index in [2.05, 4.69) is 29.3 Å². The van der Waals surface area contributed by atoms with Gasteiger partial charge in [0.2, 0.25) is 0 Å². The maximum atomic E-state index is 12.4. The third kappa shape index (κ3) is 5.57. The van der Waals surface area contributed by atoms with Crippen molar-refractivity contribution in [3.05, 3.63) is 65.2 Å². The van der Waals surface area contributed by atoms with E-state index in [1.807, 2.05) is 36.4 Å². The highest BCUT2D eigenvalue weighted by Crippen LogP contribution is 2.19. The average Bonchev–Trinajstić information content (AvgIpc) is 2.70. The van der Waals surface area contributed by atoms with Crippen molar-refractivity contribution in [2.45, 2.75) is 32.7 Å². The number of methoxy groups -OCH3 is 1. The van der Waals surface area contributed by atoms with Crippen LogP contribution in [0.2, 0.25) is 0 Å². The Morgan fingerprint density at radius 3 is 2.52 bits per heavy atom. The molecule has 0 aromatic heterocycles. The van der Waals surface area contributed by atoms with Gasteiger partial charge in [-0.2, -0.15) is 0 Å². The zero-order chi connectivity index (χ0) is 19.1. The van der Waals surface area contributed by atoms with Crippen LogP contribution in [0.4, 0.5) is 0 Å². The first-order valence-electron chi connectivity index (χ1n) is 9.87. The summed E-state index contributed by atoms with van der Waals surface area (Å²) in [4.78, 5) is 14.9. The summed E-state index contributed by atoms with van der Waals surface area (Å²) in [6.45, 7) is 6.24. The van der Waals surface area contributed by atoms with Gasteiger partial charge in [0.1, 0.15) is 5.75 Å². The quantitative estimate of drug-likeness (QED) is 0.808. The Bertz CT molecular complexity index is 734. The molecule has 1 fully saturated rings. The Morgan fingerprint density at radius 1 is 1.11 bits per heavy atom. The van der Waals surface area contributed by atoms with E-state index in [0.29, 0.717) is 12.1 Å². The fraction of sp³-hybridized carbons (Fsp3) is 0.435. The summed E-state index contributed by atoms with van der Waals surface area (Å²) in [6, 6.07) is 15.9. The molecule has 1 aliphatic rings. The molecule has 0 aliphatic carbocycles. The van der Waals surface area contributed by atoms with Crippen LogP contribution in [0.1, 0.15) is 41.3 Å². The van der Waals surface area contributed by atoms with Gasteiger partial charge in [0.15, 0.2) is 0 Å². The highest BCUT2D eigenvalue weighted by atomic mass is 16.5. The van der Waals surface area contributed by atoms with Crippen molar-refractivity contribution in [1.29, 1.82) is 0 Å². The number of amides is 1. The molecular weight excluding hydrogens is 336 g/mol. The Morgan fingerprint density at radius 2 is 1.81 bits per heavy atom. The number of rotatable bonds is 7. The summed E-state index contributed by atoms with van der Waals surface area (Å²) in [5.74, 6) is 1.69. The third-order valence-electron chi connectivity index (χ3n) is 5.37. The predicted octanol–water partition coefficient (Wildman–Crippen LogP) is 3.90. The van der Waals surface area contributed by atoms with Crippen LogP contribution in [-0.2, 0) is 13.0 Å². The van der Waals surface area contributed by atoms with Crippen LogP contribution in [0.25, 0.3) is 0 Å². The van der Waals surface area contributed by atoms with E-state index in [4.69, 9.17) is 4.74 Å². The smallest absolute Gasteiger partial charge is 0.251 e. The summed E-state index contributed by atoms with van der Waals surface area (Å²) in [5.41, 5.74) is 3.09. The molecule has 1 saturated heterocycles. The SMILES string of the molecule is COc1ccccc1CCNC(=O)c1ccc(CN2CCC(C)CC2)cc1. The van der Waals surface area contributed by atoms with Gasteiger partial charge in [-0.3, -0.25) is 9.69 Å². The van der Waals surface area contributed by atoms with Crippen LogP contribution in [0.5, 0.6) is 5.75 Å². The average molecular weight is 367 g/mol. The molecule has 0 radical (unpaired) electrons. The van der Waals surface area contributed by atoms with E-state index in [0.717, 1.165) is 30.2 Å². The van der Waals surface area contributed by atoms with Gasteiger partial charge >= 0.3 is 0 Å². The maximum Gasteiger partial charge on any atom is 0.251 e. The number of ether oxygens (including phenoxy) is 1. The second kappa shape index (κ2) is 9.56.